The molecule has 0 bridgehead atoms. The highest BCUT2D eigenvalue weighted by Crippen LogP contribution is 2.14. The van der Waals surface area contributed by atoms with Crippen molar-refractivity contribution in [1.29, 1.82) is 0 Å². The quantitative estimate of drug-likeness (QED) is 0.859. The molecular weight excluding hydrogens is 238 g/mol. The third kappa shape index (κ3) is 5.28. The summed E-state index contributed by atoms with van der Waals surface area (Å²) in [4.78, 5) is 16.6. The number of hydrogen-bond donors (Lipinski definition) is 2. The van der Waals surface area contributed by atoms with Gasteiger partial charge in [-0.2, -0.15) is 0 Å². The molecule has 2 N–H and O–H groups in total. The van der Waals surface area contributed by atoms with Crippen molar-refractivity contribution in [1.82, 2.24) is 10.3 Å². The Balaban J connectivity index is 2.86. The van der Waals surface area contributed by atoms with E-state index in [-0.39, 0.29) is 11.3 Å². The largest absolute Gasteiger partial charge is 0.373 e. The van der Waals surface area contributed by atoms with Crippen LogP contribution in [0.5, 0.6) is 0 Å². The first-order valence-electron chi connectivity index (χ1n) is 6.82. The fraction of sp³-hybridized carbons (Fsp3) is 0.600. The molecule has 0 fully saturated rings. The summed E-state index contributed by atoms with van der Waals surface area (Å²) in [5.41, 5.74) is 1.71. The van der Waals surface area contributed by atoms with Crippen LogP contribution in [0.1, 0.15) is 50.2 Å². The van der Waals surface area contributed by atoms with E-state index in [2.05, 4.69) is 43.3 Å². The second-order valence-corrected chi connectivity index (χ2v) is 5.98. The molecule has 1 rings (SSSR count). The first kappa shape index (κ1) is 15.5. The average molecular weight is 263 g/mol. The summed E-state index contributed by atoms with van der Waals surface area (Å²) in [6, 6.07) is 3.67. The van der Waals surface area contributed by atoms with E-state index in [9.17, 15) is 4.79 Å². The Bertz CT molecular complexity index is 436. The van der Waals surface area contributed by atoms with Gasteiger partial charge in [0.2, 0.25) is 0 Å². The molecule has 1 aromatic rings. The number of nitrogens with zero attached hydrogens (tertiary/aromatic N) is 1. The van der Waals surface area contributed by atoms with E-state index < -0.39 is 0 Å². The fourth-order valence-electron chi connectivity index (χ4n) is 1.68. The van der Waals surface area contributed by atoms with Gasteiger partial charge in [0, 0.05) is 24.8 Å². The summed E-state index contributed by atoms with van der Waals surface area (Å²) in [5.74, 6) is 0.707. The predicted octanol–water partition coefficient (Wildman–Crippen LogP) is 2.85. The zero-order valence-electron chi connectivity index (χ0n) is 12.6. The van der Waals surface area contributed by atoms with Crippen molar-refractivity contribution in [3.8, 4) is 0 Å². The van der Waals surface area contributed by atoms with Gasteiger partial charge in [-0.15, -0.1) is 0 Å². The number of carbonyl (C=O) groups is 1. The van der Waals surface area contributed by atoms with Gasteiger partial charge in [0.05, 0.1) is 0 Å². The van der Waals surface area contributed by atoms with Gasteiger partial charge in [0.15, 0.2) is 0 Å². The first-order chi connectivity index (χ1) is 8.85. The maximum atomic E-state index is 12.1. The fourth-order valence-corrected chi connectivity index (χ4v) is 1.68. The Kier molecular flexibility index (Phi) is 5.33. The molecule has 0 aliphatic carbocycles. The van der Waals surface area contributed by atoms with Crippen LogP contribution in [0.2, 0.25) is 0 Å². The highest BCUT2D eigenvalue weighted by atomic mass is 16.1. The van der Waals surface area contributed by atoms with Gasteiger partial charge in [-0.25, -0.2) is 4.98 Å². The summed E-state index contributed by atoms with van der Waals surface area (Å²) in [5, 5.41) is 5.97. The highest BCUT2D eigenvalue weighted by molar-refractivity contribution is 5.95. The topological polar surface area (TPSA) is 54.0 Å². The lowest BCUT2D eigenvalue weighted by molar-refractivity contribution is 0.0939. The van der Waals surface area contributed by atoms with Crippen molar-refractivity contribution in [2.45, 2.75) is 40.5 Å². The van der Waals surface area contributed by atoms with Crippen molar-refractivity contribution in [3.05, 3.63) is 23.4 Å². The van der Waals surface area contributed by atoms with Gasteiger partial charge in [-0.3, -0.25) is 4.79 Å². The minimum atomic E-state index is -0.0359. The molecule has 0 aliphatic rings. The van der Waals surface area contributed by atoms with Crippen LogP contribution >= 0.6 is 0 Å². The van der Waals surface area contributed by atoms with Crippen LogP contribution in [0.25, 0.3) is 0 Å². The van der Waals surface area contributed by atoms with Crippen molar-refractivity contribution >= 4 is 11.7 Å². The number of carbonyl (C=O) groups excluding carboxylic acids is 1. The van der Waals surface area contributed by atoms with Crippen LogP contribution in [-0.2, 0) is 6.42 Å². The van der Waals surface area contributed by atoms with Crippen molar-refractivity contribution in [2.75, 3.05) is 18.9 Å². The van der Waals surface area contributed by atoms with Crippen LogP contribution in [0.15, 0.2) is 12.1 Å². The summed E-state index contributed by atoms with van der Waals surface area (Å²) in [6.07, 6.45) is 1.90. The first-order valence-corrected chi connectivity index (χ1v) is 6.82. The lowest BCUT2D eigenvalue weighted by Crippen LogP contribution is -2.32. The zero-order valence-corrected chi connectivity index (χ0v) is 12.6. The van der Waals surface area contributed by atoms with Crippen LogP contribution in [-0.4, -0.2) is 24.5 Å². The van der Waals surface area contributed by atoms with E-state index in [1.54, 1.807) is 6.07 Å². The molecule has 0 radical (unpaired) electrons. The van der Waals surface area contributed by atoms with Gasteiger partial charge in [0.1, 0.15) is 5.82 Å². The van der Waals surface area contributed by atoms with E-state index in [1.165, 1.54) is 0 Å². The van der Waals surface area contributed by atoms with E-state index in [4.69, 9.17) is 0 Å². The number of pyridine rings is 1. The summed E-state index contributed by atoms with van der Waals surface area (Å²) < 4.78 is 0. The number of aryl methyl sites for hydroxylation is 1. The molecule has 106 valence electrons. The maximum absolute atomic E-state index is 12.1. The number of anilines is 1. The average Bonchev–Trinajstić information content (AvgIpc) is 2.35. The van der Waals surface area contributed by atoms with Gasteiger partial charge in [-0.1, -0.05) is 34.1 Å². The van der Waals surface area contributed by atoms with E-state index in [1.807, 2.05) is 13.1 Å². The Labute approximate surface area is 116 Å². The molecule has 4 heteroatoms. The normalized spacial score (nSPS) is 11.2. The van der Waals surface area contributed by atoms with Crippen LogP contribution in [0, 0.1) is 5.41 Å². The SMILES string of the molecule is CCCc1cc(C(=O)NCC(C)(C)C)cc(NC)n1. The number of nitrogens with one attached hydrogen (secondary N) is 2. The Morgan fingerprint density at radius 3 is 2.53 bits per heavy atom. The number of hydrogen-bond acceptors (Lipinski definition) is 3. The molecule has 19 heavy (non-hydrogen) atoms. The van der Waals surface area contributed by atoms with Gasteiger partial charge in [-0.05, 0) is 24.0 Å². The molecule has 0 saturated heterocycles. The molecule has 0 aromatic carbocycles. The number of aromatic nitrogens is 1. The Morgan fingerprint density at radius 1 is 1.32 bits per heavy atom. The minimum absolute atomic E-state index is 0.0359. The lowest BCUT2D eigenvalue weighted by atomic mass is 9.97. The zero-order chi connectivity index (χ0) is 14.5. The van der Waals surface area contributed by atoms with E-state index in [0.29, 0.717) is 12.1 Å². The monoisotopic (exact) mass is 263 g/mol. The molecule has 4 nitrogen and oxygen atoms in total. The summed E-state index contributed by atoms with van der Waals surface area (Å²) in [7, 11) is 1.81. The lowest BCUT2D eigenvalue weighted by Gasteiger charge is -2.19. The van der Waals surface area contributed by atoms with Gasteiger partial charge in [0.25, 0.3) is 5.91 Å². The molecule has 0 saturated carbocycles. The van der Waals surface area contributed by atoms with E-state index in [0.717, 1.165) is 24.4 Å². The Hall–Kier alpha value is -1.58. The minimum Gasteiger partial charge on any atom is -0.373 e. The van der Waals surface area contributed by atoms with Gasteiger partial charge >= 0.3 is 0 Å². The molecule has 1 aromatic heterocycles. The molecule has 0 spiro atoms. The predicted molar refractivity (Wildman–Crippen MR) is 79.6 cm³/mol. The Morgan fingerprint density at radius 2 is 2.00 bits per heavy atom. The third-order valence-corrected chi connectivity index (χ3v) is 2.68. The van der Waals surface area contributed by atoms with Crippen molar-refractivity contribution in [2.24, 2.45) is 5.41 Å². The van der Waals surface area contributed by atoms with Crippen LogP contribution in [0.3, 0.4) is 0 Å². The van der Waals surface area contributed by atoms with E-state index >= 15 is 0 Å². The highest BCUT2D eigenvalue weighted by Gasteiger charge is 2.14. The number of rotatable bonds is 5. The second-order valence-electron chi connectivity index (χ2n) is 5.98. The molecular formula is C15H25N3O. The maximum Gasteiger partial charge on any atom is 0.251 e. The second kappa shape index (κ2) is 6.55. The molecule has 0 unspecified atom stereocenters. The molecule has 0 aliphatic heterocycles. The van der Waals surface area contributed by atoms with Crippen LogP contribution in [0.4, 0.5) is 5.82 Å². The standard InChI is InChI=1S/C15H25N3O/c1-6-7-12-8-11(9-13(16-5)18-12)14(19)17-10-15(2,3)4/h8-9H,6-7,10H2,1-5H3,(H,16,18)(H,17,19). The molecule has 1 heterocycles. The van der Waals surface area contributed by atoms with Gasteiger partial charge < -0.3 is 10.6 Å². The molecule has 0 atom stereocenters. The van der Waals surface area contributed by atoms with Crippen molar-refractivity contribution in [3.63, 3.8) is 0 Å². The molecule has 1 amide bonds. The summed E-state index contributed by atoms with van der Waals surface area (Å²) >= 11 is 0. The van der Waals surface area contributed by atoms with Crippen LogP contribution < -0.4 is 10.6 Å². The third-order valence-electron chi connectivity index (χ3n) is 2.68. The summed E-state index contributed by atoms with van der Waals surface area (Å²) in [6.45, 7) is 9.06. The number of amides is 1. The smallest absolute Gasteiger partial charge is 0.251 e. The van der Waals surface area contributed by atoms with Crippen molar-refractivity contribution < 1.29 is 4.79 Å².